The van der Waals surface area contributed by atoms with Crippen molar-refractivity contribution in [1.29, 1.82) is 0 Å². The second-order valence-corrected chi connectivity index (χ2v) is 3.36. The molecule has 0 saturated heterocycles. The molecule has 0 spiro atoms. The van der Waals surface area contributed by atoms with Gasteiger partial charge in [-0.25, -0.2) is 0 Å². The Morgan fingerprint density at radius 3 is 2.47 bits per heavy atom. The first-order chi connectivity index (χ1) is 6.86. The molecule has 1 nitrogen and oxygen atoms in total. The molecule has 0 unspecified atom stereocenters. The number of benzene rings is 1. The van der Waals surface area contributed by atoms with E-state index in [9.17, 15) is 13.2 Å². The third kappa shape index (κ3) is 2.52. The van der Waals surface area contributed by atoms with Crippen molar-refractivity contribution in [3.63, 3.8) is 0 Å². The van der Waals surface area contributed by atoms with Gasteiger partial charge in [0.25, 0.3) is 0 Å². The van der Waals surface area contributed by atoms with Gasteiger partial charge in [0.15, 0.2) is 0 Å². The Bertz CT molecular complexity index is 380. The maximum atomic E-state index is 12.7. The highest BCUT2D eigenvalue weighted by Crippen LogP contribution is 2.36. The number of allylic oxidation sites excluding steroid dienone is 1. The Balaban J connectivity index is 3.39. The van der Waals surface area contributed by atoms with E-state index >= 15 is 0 Å². The third-order valence-electron chi connectivity index (χ3n) is 2.09. The van der Waals surface area contributed by atoms with E-state index in [2.05, 4.69) is 6.58 Å². The van der Waals surface area contributed by atoms with Crippen molar-refractivity contribution in [1.82, 2.24) is 0 Å². The van der Waals surface area contributed by atoms with Gasteiger partial charge in [-0.05, 0) is 36.6 Å². The van der Waals surface area contributed by atoms with Crippen molar-refractivity contribution in [2.24, 2.45) is 0 Å². The van der Waals surface area contributed by atoms with Gasteiger partial charge in [-0.2, -0.15) is 13.2 Å². The lowest BCUT2D eigenvalue weighted by Gasteiger charge is -2.15. The minimum Gasteiger partial charge on any atom is -0.399 e. The van der Waals surface area contributed by atoms with Crippen molar-refractivity contribution in [3.8, 4) is 0 Å². The second kappa shape index (κ2) is 3.96. The molecule has 0 bridgehead atoms. The summed E-state index contributed by atoms with van der Waals surface area (Å²) in [6.45, 7) is 4.84. The number of halogens is 3. The number of alkyl halides is 3. The summed E-state index contributed by atoms with van der Waals surface area (Å²) in [5.41, 5.74) is 5.57. The smallest absolute Gasteiger partial charge is 0.399 e. The zero-order valence-corrected chi connectivity index (χ0v) is 8.36. The quantitative estimate of drug-likeness (QED) is 0.594. The van der Waals surface area contributed by atoms with Gasteiger partial charge >= 0.3 is 6.18 Å². The van der Waals surface area contributed by atoms with Crippen LogP contribution in [0, 0.1) is 6.92 Å². The summed E-state index contributed by atoms with van der Waals surface area (Å²) in [6, 6.07) is 2.67. The van der Waals surface area contributed by atoms with E-state index in [0.717, 1.165) is 0 Å². The lowest BCUT2D eigenvalue weighted by molar-refractivity contribution is -0.138. The molecular weight excluding hydrogens is 203 g/mol. The molecule has 1 rings (SSSR count). The maximum Gasteiger partial charge on any atom is 0.416 e. The topological polar surface area (TPSA) is 26.0 Å². The zero-order chi connectivity index (χ0) is 11.6. The number of aryl methyl sites for hydroxylation is 1. The highest BCUT2D eigenvalue weighted by Gasteiger charge is 2.34. The zero-order valence-electron chi connectivity index (χ0n) is 8.36. The number of hydrogen-bond acceptors (Lipinski definition) is 1. The van der Waals surface area contributed by atoms with Crippen LogP contribution in [0.3, 0.4) is 0 Å². The fraction of sp³-hybridized carbons (Fsp3) is 0.273. The van der Waals surface area contributed by atoms with E-state index in [1.807, 2.05) is 0 Å². The first kappa shape index (κ1) is 11.6. The van der Waals surface area contributed by atoms with E-state index < -0.39 is 11.7 Å². The first-order valence-corrected chi connectivity index (χ1v) is 4.43. The molecule has 0 aliphatic rings. The van der Waals surface area contributed by atoms with E-state index in [4.69, 9.17) is 5.73 Å². The molecule has 0 aromatic heterocycles. The number of anilines is 1. The summed E-state index contributed by atoms with van der Waals surface area (Å²) in [6.07, 6.45) is -2.74. The van der Waals surface area contributed by atoms with Crippen LogP contribution in [0.2, 0.25) is 0 Å². The molecule has 2 N–H and O–H groups in total. The molecule has 0 aliphatic carbocycles. The fourth-order valence-electron chi connectivity index (χ4n) is 1.61. The normalized spacial score (nSPS) is 11.5. The Morgan fingerprint density at radius 1 is 1.40 bits per heavy atom. The molecule has 0 saturated carbocycles. The van der Waals surface area contributed by atoms with Gasteiger partial charge in [0.1, 0.15) is 0 Å². The van der Waals surface area contributed by atoms with E-state index in [-0.39, 0.29) is 17.5 Å². The average Bonchev–Trinajstić information content (AvgIpc) is 1.99. The van der Waals surface area contributed by atoms with Crippen LogP contribution in [0.5, 0.6) is 0 Å². The highest BCUT2D eigenvalue weighted by molar-refractivity contribution is 5.50. The molecular formula is C11H12F3N. The first-order valence-electron chi connectivity index (χ1n) is 4.43. The number of rotatable bonds is 2. The van der Waals surface area contributed by atoms with Crippen molar-refractivity contribution in [2.75, 3.05) is 5.73 Å². The average molecular weight is 215 g/mol. The summed E-state index contributed by atoms with van der Waals surface area (Å²) in [5, 5.41) is 0. The van der Waals surface area contributed by atoms with Gasteiger partial charge < -0.3 is 5.73 Å². The monoisotopic (exact) mass is 215 g/mol. The predicted octanol–water partition coefficient (Wildman–Crippen LogP) is 3.32. The van der Waals surface area contributed by atoms with Crippen LogP contribution in [0.15, 0.2) is 24.8 Å². The van der Waals surface area contributed by atoms with Crippen LogP contribution in [0.1, 0.15) is 16.7 Å². The Hall–Kier alpha value is -1.45. The van der Waals surface area contributed by atoms with Gasteiger partial charge in [-0.3, -0.25) is 0 Å². The molecule has 0 fully saturated rings. The minimum atomic E-state index is -4.34. The summed E-state index contributed by atoms with van der Waals surface area (Å²) < 4.78 is 38.1. The lowest BCUT2D eigenvalue weighted by atomic mass is 9.98. The van der Waals surface area contributed by atoms with Gasteiger partial charge in [-0.15, -0.1) is 6.58 Å². The Kier molecular flexibility index (Phi) is 3.07. The Morgan fingerprint density at radius 2 is 2.00 bits per heavy atom. The number of nitrogens with two attached hydrogens (primary N) is 1. The molecule has 0 atom stereocenters. The highest BCUT2D eigenvalue weighted by atomic mass is 19.4. The van der Waals surface area contributed by atoms with Crippen molar-refractivity contribution < 1.29 is 13.2 Å². The Labute approximate surface area is 86.4 Å². The van der Waals surface area contributed by atoms with Crippen LogP contribution >= 0.6 is 0 Å². The molecule has 0 aliphatic heterocycles. The third-order valence-corrected chi connectivity index (χ3v) is 2.09. The molecule has 0 amide bonds. The van der Waals surface area contributed by atoms with E-state index in [1.54, 1.807) is 0 Å². The van der Waals surface area contributed by atoms with Gasteiger partial charge in [-0.1, -0.05) is 6.08 Å². The standard InChI is InChI=1S/C11H12F3N/c1-3-4-8-6-9(15)5-7(2)10(8)11(12,13)14/h3,5-6H,1,4,15H2,2H3. The van der Waals surface area contributed by atoms with Crippen LogP contribution in [-0.2, 0) is 12.6 Å². The second-order valence-electron chi connectivity index (χ2n) is 3.36. The maximum absolute atomic E-state index is 12.7. The fourth-order valence-corrected chi connectivity index (χ4v) is 1.61. The lowest BCUT2D eigenvalue weighted by Crippen LogP contribution is -2.12. The number of nitrogen functional groups attached to an aromatic ring is 1. The largest absolute Gasteiger partial charge is 0.416 e. The summed E-state index contributed by atoms with van der Waals surface area (Å²) in [7, 11) is 0. The molecule has 1 aromatic rings. The molecule has 4 heteroatoms. The van der Waals surface area contributed by atoms with E-state index in [1.165, 1.54) is 25.1 Å². The van der Waals surface area contributed by atoms with Crippen LogP contribution in [-0.4, -0.2) is 0 Å². The predicted molar refractivity (Wildman–Crippen MR) is 54.5 cm³/mol. The summed E-state index contributed by atoms with van der Waals surface area (Å²) in [4.78, 5) is 0. The van der Waals surface area contributed by atoms with Gasteiger partial charge in [0.05, 0.1) is 5.56 Å². The van der Waals surface area contributed by atoms with Crippen LogP contribution in [0.4, 0.5) is 18.9 Å². The van der Waals surface area contributed by atoms with E-state index in [0.29, 0.717) is 5.69 Å². The van der Waals surface area contributed by atoms with Crippen LogP contribution in [0.25, 0.3) is 0 Å². The van der Waals surface area contributed by atoms with Crippen LogP contribution < -0.4 is 5.73 Å². The number of hydrogen-bond donors (Lipinski definition) is 1. The van der Waals surface area contributed by atoms with Gasteiger partial charge in [0, 0.05) is 5.69 Å². The molecule has 82 valence electrons. The molecule has 0 radical (unpaired) electrons. The molecule has 15 heavy (non-hydrogen) atoms. The van der Waals surface area contributed by atoms with Crippen molar-refractivity contribution in [2.45, 2.75) is 19.5 Å². The SMILES string of the molecule is C=CCc1cc(N)cc(C)c1C(F)(F)F. The van der Waals surface area contributed by atoms with Gasteiger partial charge in [0.2, 0.25) is 0 Å². The minimum absolute atomic E-state index is 0.152. The summed E-state index contributed by atoms with van der Waals surface area (Å²) >= 11 is 0. The van der Waals surface area contributed by atoms with Crippen molar-refractivity contribution in [3.05, 3.63) is 41.5 Å². The summed E-state index contributed by atoms with van der Waals surface area (Å²) in [5.74, 6) is 0. The molecule has 0 heterocycles. The molecule has 1 aromatic carbocycles. The van der Waals surface area contributed by atoms with Crippen molar-refractivity contribution >= 4 is 5.69 Å².